The number of aromatic nitrogens is 1. The summed E-state index contributed by atoms with van der Waals surface area (Å²) in [5.74, 6) is 0.561. The van der Waals surface area contributed by atoms with E-state index in [4.69, 9.17) is 4.74 Å². The second-order valence-electron chi connectivity index (χ2n) is 5.28. The molecule has 0 N–H and O–H groups in total. The number of pyridine rings is 1. The number of sulfonamides is 1. The van der Waals surface area contributed by atoms with Crippen molar-refractivity contribution in [3.05, 3.63) is 36.5 Å². The van der Waals surface area contributed by atoms with Crippen LogP contribution in [0.15, 0.2) is 41.4 Å². The molecule has 1 aromatic carbocycles. The number of rotatable bonds is 4. The Morgan fingerprint density at radius 1 is 1.38 bits per heavy atom. The predicted octanol–water partition coefficient (Wildman–Crippen LogP) is 1.90. The monoisotopic (exact) mass is 366 g/mol. The van der Waals surface area contributed by atoms with Gasteiger partial charge in [-0.1, -0.05) is 6.07 Å². The lowest BCUT2D eigenvalue weighted by atomic mass is 10.2. The van der Waals surface area contributed by atoms with E-state index >= 15 is 0 Å². The van der Waals surface area contributed by atoms with Crippen LogP contribution in [-0.4, -0.2) is 54.4 Å². The van der Waals surface area contributed by atoms with Crippen molar-refractivity contribution in [1.29, 1.82) is 0 Å². The maximum absolute atomic E-state index is 13.2. The maximum Gasteiger partial charge on any atom is 0.325 e. The number of hydrogen-bond acceptors (Lipinski definition) is 6. The van der Waals surface area contributed by atoms with E-state index in [1.54, 1.807) is 55.2 Å². The van der Waals surface area contributed by atoms with E-state index in [2.05, 4.69) is 4.98 Å². The topological polar surface area (TPSA) is 76.6 Å². The largest absolute Gasteiger partial charge is 0.465 e. The van der Waals surface area contributed by atoms with Crippen LogP contribution in [0.3, 0.4) is 0 Å². The first kappa shape index (κ1) is 17.2. The van der Waals surface area contributed by atoms with Gasteiger partial charge in [0.05, 0.1) is 17.0 Å². The van der Waals surface area contributed by atoms with Crippen molar-refractivity contribution in [1.82, 2.24) is 9.29 Å². The highest BCUT2D eigenvalue weighted by atomic mass is 32.2. The second kappa shape index (κ2) is 7.08. The lowest BCUT2D eigenvalue weighted by molar-refractivity contribution is -0.146. The van der Waals surface area contributed by atoms with E-state index in [1.165, 1.54) is 4.31 Å². The molecule has 1 aromatic heterocycles. The highest BCUT2D eigenvalue weighted by molar-refractivity contribution is 7.99. The number of nitrogens with zero attached hydrogens (tertiary/aromatic N) is 2. The van der Waals surface area contributed by atoms with Crippen molar-refractivity contribution in [3.8, 4) is 0 Å². The van der Waals surface area contributed by atoms with E-state index in [9.17, 15) is 13.2 Å². The molecule has 6 nitrogen and oxygen atoms in total. The van der Waals surface area contributed by atoms with Gasteiger partial charge in [0, 0.05) is 29.6 Å². The lowest BCUT2D eigenvalue weighted by Crippen LogP contribution is -2.50. The Morgan fingerprint density at radius 3 is 3.00 bits per heavy atom. The van der Waals surface area contributed by atoms with Crippen molar-refractivity contribution in [2.75, 3.05) is 24.7 Å². The third-order valence-corrected chi connectivity index (χ3v) is 6.82. The molecular weight excluding hydrogens is 348 g/mol. The first-order valence-electron chi connectivity index (χ1n) is 7.65. The van der Waals surface area contributed by atoms with Crippen LogP contribution in [0.25, 0.3) is 10.9 Å². The summed E-state index contributed by atoms with van der Waals surface area (Å²) in [5, 5.41) is 0.556. The average Bonchev–Trinajstić information content (AvgIpc) is 2.61. The number of esters is 1. The van der Waals surface area contributed by atoms with Crippen LogP contribution in [0.5, 0.6) is 0 Å². The van der Waals surface area contributed by atoms with Crippen LogP contribution in [0.1, 0.15) is 6.92 Å². The fourth-order valence-electron chi connectivity index (χ4n) is 2.73. The van der Waals surface area contributed by atoms with Gasteiger partial charge < -0.3 is 4.74 Å². The summed E-state index contributed by atoms with van der Waals surface area (Å²) in [7, 11) is -3.82. The van der Waals surface area contributed by atoms with E-state index in [0.717, 1.165) is 0 Å². The minimum absolute atomic E-state index is 0.175. The molecule has 2 heterocycles. The van der Waals surface area contributed by atoms with E-state index in [-0.39, 0.29) is 18.0 Å². The van der Waals surface area contributed by atoms with Crippen LogP contribution in [0.2, 0.25) is 0 Å². The van der Waals surface area contributed by atoms with Gasteiger partial charge in [0.1, 0.15) is 6.04 Å². The second-order valence-corrected chi connectivity index (χ2v) is 8.29. The third kappa shape index (κ3) is 3.13. The maximum atomic E-state index is 13.2. The highest BCUT2D eigenvalue weighted by Gasteiger charge is 2.39. The van der Waals surface area contributed by atoms with Crippen LogP contribution in [0.4, 0.5) is 0 Å². The third-order valence-electron chi connectivity index (χ3n) is 3.83. The van der Waals surface area contributed by atoms with Crippen LogP contribution in [0, 0.1) is 0 Å². The summed E-state index contributed by atoms with van der Waals surface area (Å²) < 4.78 is 32.7. The zero-order valence-electron chi connectivity index (χ0n) is 13.2. The van der Waals surface area contributed by atoms with Gasteiger partial charge in [-0.2, -0.15) is 16.1 Å². The average molecular weight is 366 g/mol. The summed E-state index contributed by atoms with van der Waals surface area (Å²) in [5.41, 5.74) is 0.609. The minimum atomic E-state index is -3.82. The molecule has 1 fully saturated rings. The van der Waals surface area contributed by atoms with E-state index in [1.807, 2.05) is 0 Å². The Morgan fingerprint density at radius 2 is 2.21 bits per heavy atom. The Bertz CT molecular complexity index is 849. The van der Waals surface area contributed by atoms with Gasteiger partial charge in [-0.25, -0.2) is 8.42 Å². The molecule has 0 saturated carbocycles. The van der Waals surface area contributed by atoms with Gasteiger partial charge in [0.2, 0.25) is 10.0 Å². The van der Waals surface area contributed by atoms with Crippen molar-refractivity contribution in [3.63, 3.8) is 0 Å². The van der Waals surface area contributed by atoms with E-state index < -0.39 is 22.0 Å². The number of thioether (sulfide) groups is 1. The Hall–Kier alpha value is -1.64. The van der Waals surface area contributed by atoms with Crippen molar-refractivity contribution >= 4 is 38.7 Å². The highest BCUT2D eigenvalue weighted by Crippen LogP contribution is 2.29. The summed E-state index contributed by atoms with van der Waals surface area (Å²) in [4.78, 5) is 16.6. The predicted molar refractivity (Wildman–Crippen MR) is 93.4 cm³/mol. The molecule has 1 aliphatic rings. The first-order chi connectivity index (χ1) is 11.6. The zero-order chi connectivity index (χ0) is 17.2. The van der Waals surface area contributed by atoms with Gasteiger partial charge in [0.25, 0.3) is 0 Å². The SMILES string of the molecule is CCOC(=O)[C@H]1CSCCN1S(=O)(=O)c1cccc2ncccc12. The first-order valence-corrected chi connectivity index (χ1v) is 10.2. The number of fused-ring (bicyclic) bond motifs is 1. The number of benzene rings is 1. The van der Waals surface area contributed by atoms with Crippen LogP contribution >= 0.6 is 11.8 Å². The molecule has 1 aliphatic heterocycles. The van der Waals surface area contributed by atoms with Gasteiger partial charge in [-0.15, -0.1) is 0 Å². The fraction of sp³-hybridized carbons (Fsp3) is 0.375. The zero-order valence-corrected chi connectivity index (χ0v) is 14.8. The van der Waals surface area contributed by atoms with Crippen molar-refractivity contribution in [2.45, 2.75) is 17.9 Å². The minimum Gasteiger partial charge on any atom is -0.465 e. The number of hydrogen-bond donors (Lipinski definition) is 0. The summed E-state index contributed by atoms with van der Waals surface area (Å²) in [6.45, 7) is 2.22. The molecule has 0 radical (unpaired) electrons. The van der Waals surface area contributed by atoms with Crippen molar-refractivity contribution < 1.29 is 17.9 Å². The van der Waals surface area contributed by atoms with Gasteiger partial charge in [-0.3, -0.25) is 9.78 Å². The van der Waals surface area contributed by atoms with Crippen LogP contribution in [-0.2, 0) is 19.6 Å². The number of carbonyl (C=O) groups excluding carboxylic acids is 1. The molecule has 0 aliphatic carbocycles. The fourth-order valence-corrected chi connectivity index (χ4v) is 5.75. The summed E-state index contributed by atoms with van der Waals surface area (Å²) in [6, 6.07) is 7.64. The smallest absolute Gasteiger partial charge is 0.325 e. The normalized spacial score (nSPS) is 19.3. The Kier molecular flexibility index (Phi) is 5.07. The van der Waals surface area contributed by atoms with Crippen LogP contribution < -0.4 is 0 Å². The molecule has 1 atom stereocenters. The molecular formula is C16H18N2O4S2. The molecule has 1 saturated heterocycles. The quantitative estimate of drug-likeness (QED) is 0.769. The standard InChI is InChI=1S/C16H18N2O4S2/c1-2-22-16(19)14-11-23-10-9-18(14)24(20,21)15-7-3-6-13-12(15)5-4-8-17-13/h3-8,14H,2,9-11H2,1H3/t14-/m1/s1. The summed E-state index contributed by atoms with van der Waals surface area (Å²) >= 11 is 1.56. The lowest BCUT2D eigenvalue weighted by Gasteiger charge is -2.32. The molecule has 2 aromatic rings. The van der Waals surface area contributed by atoms with Gasteiger partial charge >= 0.3 is 5.97 Å². The van der Waals surface area contributed by atoms with Gasteiger partial charge in [0.15, 0.2) is 0 Å². The summed E-state index contributed by atoms with van der Waals surface area (Å²) in [6.07, 6.45) is 1.62. The van der Waals surface area contributed by atoms with E-state index in [0.29, 0.717) is 22.4 Å². The Balaban J connectivity index is 2.06. The molecule has 8 heteroatoms. The molecule has 24 heavy (non-hydrogen) atoms. The molecule has 0 spiro atoms. The molecule has 0 unspecified atom stereocenters. The Labute approximate surface area is 145 Å². The molecule has 0 amide bonds. The van der Waals surface area contributed by atoms with Gasteiger partial charge in [-0.05, 0) is 31.2 Å². The van der Waals surface area contributed by atoms with Crippen molar-refractivity contribution in [2.24, 2.45) is 0 Å². The number of carbonyl (C=O) groups is 1. The number of ether oxygens (including phenoxy) is 1. The molecule has 0 bridgehead atoms. The molecule has 3 rings (SSSR count). The molecule has 128 valence electrons.